The first-order valence-electron chi connectivity index (χ1n) is 15.8. The molecule has 3 aliphatic rings. The molecule has 1 amide bonds. The van der Waals surface area contributed by atoms with Gasteiger partial charge in [-0.05, 0) is 63.4 Å². The lowest BCUT2D eigenvalue weighted by molar-refractivity contribution is -0.128. The zero-order valence-electron chi connectivity index (χ0n) is 26.2. The summed E-state index contributed by atoms with van der Waals surface area (Å²) < 4.78 is 6.43. The largest absolute Gasteiger partial charge is 0.463 e. The highest BCUT2D eigenvalue weighted by Gasteiger charge is 2.35. The van der Waals surface area contributed by atoms with Crippen molar-refractivity contribution in [2.24, 2.45) is 5.92 Å². The van der Waals surface area contributed by atoms with E-state index in [1.54, 1.807) is 4.90 Å². The van der Waals surface area contributed by atoms with Crippen LogP contribution in [0.1, 0.15) is 36.1 Å². The first-order valence-corrected chi connectivity index (χ1v) is 15.8. The first-order chi connectivity index (χ1) is 21.4. The number of anilines is 2. The first kappa shape index (κ1) is 29.9. The SMILES string of the molecule is [C-]#[N+]CC1CN(c2nc(OCC3CCCC3N(C)C)nc3c2CCN(c2cccc4cccc(C)c24)C3)CCN1C(=O)C=C. The number of carbonyl (C=O) groups is 1. The van der Waals surface area contributed by atoms with Crippen molar-refractivity contribution in [1.82, 2.24) is 19.8 Å². The third-order valence-corrected chi connectivity index (χ3v) is 9.71. The zero-order valence-corrected chi connectivity index (χ0v) is 26.2. The van der Waals surface area contributed by atoms with Crippen LogP contribution in [0.5, 0.6) is 6.01 Å². The van der Waals surface area contributed by atoms with E-state index in [1.165, 1.54) is 40.9 Å². The van der Waals surface area contributed by atoms with Crippen molar-refractivity contribution in [2.45, 2.75) is 51.2 Å². The van der Waals surface area contributed by atoms with E-state index in [4.69, 9.17) is 21.3 Å². The van der Waals surface area contributed by atoms with Crippen molar-refractivity contribution >= 4 is 28.2 Å². The number of hydrogen-bond donors (Lipinski definition) is 0. The molecule has 0 bridgehead atoms. The second-order valence-electron chi connectivity index (χ2n) is 12.6. The minimum atomic E-state index is -0.222. The summed E-state index contributed by atoms with van der Waals surface area (Å²) in [5.74, 6) is 1.20. The molecule has 44 heavy (non-hydrogen) atoms. The average Bonchev–Trinajstić information content (AvgIpc) is 3.52. The Hall–Kier alpha value is -4.16. The summed E-state index contributed by atoms with van der Waals surface area (Å²) in [7, 11) is 4.30. The third kappa shape index (κ3) is 5.83. The maximum atomic E-state index is 12.6. The summed E-state index contributed by atoms with van der Waals surface area (Å²) in [6.45, 7) is 17.4. The molecule has 1 aromatic heterocycles. The van der Waals surface area contributed by atoms with Gasteiger partial charge in [0.25, 0.3) is 0 Å². The Kier molecular flexibility index (Phi) is 8.72. The molecule has 1 aliphatic carbocycles. The smallest absolute Gasteiger partial charge is 0.318 e. The number of hydrogen-bond acceptors (Lipinski definition) is 7. The summed E-state index contributed by atoms with van der Waals surface area (Å²) in [4.78, 5) is 35.1. The van der Waals surface area contributed by atoms with Gasteiger partial charge in [-0.1, -0.05) is 43.3 Å². The maximum Gasteiger partial charge on any atom is 0.318 e. The molecular formula is C35H43N7O2. The second kappa shape index (κ2) is 12.8. The normalized spacial score (nSPS) is 21.8. The lowest BCUT2D eigenvalue weighted by Crippen LogP contribution is -2.56. The maximum absolute atomic E-state index is 12.6. The van der Waals surface area contributed by atoms with Gasteiger partial charge in [-0.15, -0.1) is 0 Å². The van der Waals surface area contributed by atoms with E-state index in [0.29, 0.717) is 50.8 Å². The van der Waals surface area contributed by atoms with Crippen molar-refractivity contribution in [2.75, 3.05) is 63.2 Å². The molecule has 3 aromatic rings. The Bertz CT molecular complexity index is 1580. The number of benzene rings is 2. The molecule has 230 valence electrons. The van der Waals surface area contributed by atoms with Crippen LogP contribution in [0.3, 0.4) is 0 Å². The Balaban J connectivity index is 1.34. The summed E-state index contributed by atoms with van der Waals surface area (Å²) in [5, 5.41) is 2.52. The fraction of sp³-hybridized carbons (Fsp3) is 0.486. The van der Waals surface area contributed by atoms with Gasteiger partial charge in [0.2, 0.25) is 12.5 Å². The molecule has 3 unspecified atom stereocenters. The molecule has 6 rings (SSSR count). The lowest BCUT2D eigenvalue weighted by atomic mass is 9.99. The van der Waals surface area contributed by atoms with E-state index in [9.17, 15) is 4.79 Å². The average molecular weight is 594 g/mol. The summed E-state index contributed by atoms with van der Waals surface area (Å²) in [6, 6.07) is 13.7. The molecule has 1 saturated carbocycles. The number of rotatable bonds is 8. The molecule has 9 heteroatoms. The number of fused-ring (bicyclic) bond motifs is 2. The quantitative estimate of drug-likeness (QED) is 0.276. The van der Waals surface area contributed by atoms with E-state index in [2.05, 4.69) is 83.5 Å². The topological polar surface area (TPSA) is 69.4 Å². The molecule has 9 nitrogen and oxygen atoms in total. The van der Waals surface area contributed by atoms with Gasteiger partial charge in [0.05, 0.1) is 18.8 Å². The minimum absolute atomic E-state index is 0.125. The van der Waals surface area contributed by atoms with Crippen molar-refractivity contribution in [3.8, 4) is 6.01 Å². The Labute approximate surface area is 260 Å². The fourth-order valence-electron chi connectivity index (χ4n) is 7.48. The molecular weight excluding hydrogens is 550 g/mol. The van der Waals surface area contributed by atoms with Gasteiger partial charge >= 0.3 is 6.01 Å². The van der Waals surface area contributed by atoms with Crippen LogP contribution in [0.2, 0.25) is 0 Å². The number of ether oxygens (including phenoxy) is 1. The van der Waals surface area contributed by atoms with E-state index in [-0.39, 0.29) is 18.5 Å². The highest BCUT2D eigenvalue weighted by Crippen LogP contribution is 2.36. The minimum Gasteiger partial charge on any atom is -0.463 e. The van der Waals surface area contributed by atoms with Gasteiger partial charge in [-0.2, -0.15) is 9.97 Å². The Morgan fingerprint density at radius 1 is 1.14 bits per heavy atom. The zero-order chi connectivity index (χ0) is 30.8. The number of amides is 1. The summed E-state index contributed by atoms with van der Waals surface area (Å²) >= 11 is 0. The number of nitrogens with zero attached hydrogens (tertiary/aromatic N) is 7. The molecule has 2 fully saturated rings. The van der Waals surface area contributed by atoms with Gasteiger partial charge in [0.15, 0.2) is 0 Å². The molecule has 3 heterocycles. The lowest BCUT2D eigenvalue weighted by Gasteiger charge is -2.41. The van der Waals surface area contributed by atoms with Crippen LogP contribution >= 0.6 is 0 Å². The highest BCUT2D eigenvalue weighted by molar-refractivity contribution is 5.97. The standard InChI is InChI=1S/C35H43N7O2/c1-6-32(43)42-19-18-41(21-27(42)20-36-3)34-28-16-17-40(31-15-8-12-25-11-7-10-24(2)33(25)31)22-29(28)37-35(38-34)44-23-26-13-9-14-30(26)39(4)5/h6-8,10-12,15,26-27,30H,1,9,13-14,16-23H2,2,4-5H3. The summed E-state index contributed by atoms with van der Waals surface area (Å²) in [6.07, 6.45) is 5.69. The van der Waals surface area contributed by atoms with Crippen LogP contribution in [0, 0.1) is 19.4 Å². The van der Waals surface area contributed by atoms with Crippen molar-refractivity contribution in [1.29, 1.82) is 0 Å². The number of aryl methyl sites for hydroxylation is 1. The van der Waals surface area contributed by atoms with Gasteiger partial charge in [-0.25, -0.2) is 6.57 Å². The second-order valence-corrected chi connectivity index (χ2v) is 12.6. The van der Waals surface area contributed by atoms with Crippen LogP contribution in [-0.2, 0) is 17.8 Å². The van der Waals surface area contributed by atoms with Crippen LogP contribution in [0.4, 0.5) is 11.5 Å². The Morgan fingerprint density at radius 3 is 2.73 bits per heavy atom. The van der Waals surface area contributed by atoms with Crippen LogP contribution < -0.4 is 14.5 Å². The molecule has 3 atom stereocenters. The summed E-state index contributed by atoms with van der Waals surface area (Å²) in [5.41, 5.74) is 4.62. The van der Waals surface area contributed by atoms with Crippen molar-refractivity contribution in [3.63, 3.8) is 0 Å². The van der Waals surface area contributed by atoms with E-state index >= 15 is 0 Å². The molecule has 2 aromatic carbocycles. The van der Waals surface area contributed by atoms with Gasteiger partial charge < -0.3 is 29.2 Å². The molecule has 0 spiro atoms. The number of aromatic nitrogens is 2. The molecule has 2 aliphatic heterocycles. The van der Waals surface area contributed by atoms with E-state index in [1.807, 2.05) is 0 Å². The fourth-order valence-corrected chi connectivity index (χ4v) is 7.48. The van der Waals surface area contributed by atoms with Crippen molar-refractivity contribution < 1.29 is 9.53 Å². The van der Waals surface area contributed by atoms with Crippen LogP contribution in [-0.4, -0.2) is 91.2 Å². The highest BCUT2D eigenvalue weighted by atomic mass is 16.5. The molecule has 0 radical (unpaired) electrons. The van der Waals surface area contributed by atoms with Gasteiger partial charge in [-0.3, -0.25) is 4.79 Å². The predicted octanol–water partition coefficient (Wildman–Crippen LogP) is 4.73. The third-order valence-electron chi connectivity index (χ3n) is 9.71. The van der Waals surface area contributed by atoms with Crippen LogP contribution in [0.25, 0.3) is 15.6 Å². The number of carbonyl (C=O) groups excluding carboxylic acids is 1. The van der Waals surface area contributed by atoms with Crippen LogP contribution in [0.15, 0.2) is 49.1 Å². The molecule has 1 saturated heterocycles. The monoisotopic (exact) mass is 593 g/mol. The Morgan fingerprint density at radius 2 is 1.95 bits per heavy atom. The molecule has 0 N–H and O–H groups in total. The van der Waals surface area contributed by atoms with E-state index < -0.39 is 0 Å². The van der Waals surface area contributed by atoms with E-state index in [0.717, 1.165) is 36.5 Å². The predicted molar refractivity (Wildman–Crippen MR) is 175 cm³/mol. The number of piperazine rings is 1. The van der Waals surface area contributed by atoms with Gasteiger partial charge in [0, 0.05) is 54.8 Å². The van der Waals surface area contributed by atoms with Crippen molar-refractivity contribution in [3.05, 3.63) is 77.3 Å². The van der Waals surface area contributed by atoms with Gasteiger partial charge in [0.1, 0.15) is 11.9 Å².